The van der Waals surface area contributed by atoms with Gasteiger partial charge >= 0.3 is 0 Å². The van der Waals surface area contributed by atoms with Crippen LogP contribution >= 0.6 is 11.8 Å². The molecule has 0 aliphatic carbocycles. The quantitative estimate of drug-likeness (QED) is 0.916. The molecule has 1 heterocycles. The van der Waals surface area contributed by atoms with E-state index in [-0.39, 0.29) is 11.2 Å². The SMILES string of the molecule is COc1ccc(CNC(=O)C2Cc3ccccc3S2)cc1OC. The Bertz CT molecular complexity index is 692. The molecular weight excluding hydrogens is 310 g/mol. The average Bonchev–Trinajstić information content (AvgIpc) is 3.03. The summed E-state index contributed by atoms with van der Waals surface area (Å²) < 4.78 is 10.5. The van der Waals surface area contributed by atoms with Crippen molar-refractivity contribution in [2.45, 2.75) is 23.1 Å². The highest BCUT2D eigenvalue weighted by Gasteiger charge is 2.27. The summed E-state index contributed by atoms with van der Waals surface area (Å²) in [7, 11) is 3.21. The molecule has 5 heteroatoms. The van der Waals surface area contributed by atoms with E-state index in [1.54, 1.807) is 26.0 Å². The van der Waals surface area contributed by atoms with Crippen LogP contribution in [0.1, 0.15) is 11.1 Å². The van der Waals surface area contributed by atoms with E-state index in [2.05, 4.69) is 17.4 Å². The summed E-state index contributed by atoms with van der Waals surface area (Å²) in [4.78, 5) is 13.6. The molecule has 1 aliphatic heterocycles. The van der Waals surface area contributed by atoms with Crippen molar-refractivity contribution in [3.8, 4) is 11.5 Å². The fourth-order valence-electron chi connectivity index (χ4n) is 2.62. The molecule has 1 amide bonds. The first-order valence-corrected chi connectivity index (χ1v) is 8.32. The Kier molecular flexibility index (Phi) is 4.76. The molecule has 2 aromatic carbocycles. The van der Waals surface area contributed by atoms with Gasteiger partial charge in [-0.3, -0.25) is 4.79 Å². The van der Waals surface area contributed by atoms with Crippen LogP contribution in [0.5, 0.6) is 11.5 Å². The van der Waals surface area contributed by atoms with Crippen LogP contribution < -0.4 is 14.8 Å². The first-order chi connectivity index (χ1) is 11.2. The lowest BCUT2D eigenvalue weighted by Crippen LogP contribution is -2.31. The summed E-state index contributed by atoms with van der Waals surface area (Å²) in [5.74, 6) is 1.42. The lowest BCUT2D eigenvalue weighted by molar-refractivity contribution is -0.120. The van der Waals surface area contributed by atoms with Gasteiger partial charge in [0.25, 0.3) is 0 Å². The number of nitrogens with one attached hydrogen (secondary N) is 1. The van der Waals surface area contributed by atoms with E-state index in [1.165, 1.54) is 10.5 Å². The number of methoxy groups -OCH3 is 2. The number of carbonyl (C=O) groups excluding carboxylic acids is 1. The van der Waals surface area contributed by atoms with E-state index in [4.69, 9.17) is 9.47 Å². The van der Waals surface area contributed by atoms with E-state index < -0.39 is 0 Å². The third-order valence-electron chi connectivity index (χ3n) is 3.85. The maximum atomic E-state index is 12.4. The van der Waals surface area contributed by atoms with Gasteiger partial charge in [0.05, 0.1) is 19.5 Å². The number of thioether (sulfide) groups is 1. The second kappa shape index (κ2) is 6.96. The fourth-order valence-corrected chi connectivity index (χ4v) is 3.84. The van der Waals surface area contributed by atoms with E-state index in [1.807, 2.05) is 30.3 Å². The van der Waals surface area contributed by atoms with Crippen LogP contribution in [0.3, 0.4) is 0 Å². The zero-order valence-electron chi connectivity index (χ0n) is 13.2. The van der Waals surface area contributed by atoms with Crippen molar-refractivity contribution >= 4 is 17.7 Å². The number of rotatable bonds is 5. The van der Waals surface area contributed by atoms with Crippen LogP contribution in [-0.2, 0) is 17.8 Å². The van der Waals surface area contributed by atoms with Crippen LogP contribution in [0, 0.1) is 0 Å². The first kappa shape index (κ1) is 15.7. The normalized spacial score (nSPS) is 15.8. The Balaban J connectivity index is 1.60. The van der Waals surface area contributed by atoms with Crippen LogP contribution in [0.4, 0.5) is 0 Å². The number of amides is 1. The predicted octanol–water partition coefficient (Wildman–Crippen LogP) is 3.04. The highest BCUT2D eigenvalue weighted by Crippen LogP contribution is 2.36. The first-order valence-electron chi connectivity index (χ1n) is 7.44. The molecule has 0 spiro atoms. The molecule has 0 saturated carbocycles. The Morgan fingerprint density at radius 3 is 2.70 bits per heavy atom. The predicted molar refractivity (Wildman–Crippen MR) is 91.2 cm³/mol. The maximum Gasteiger partial charge on any atom is 0.234 e. The number of hydrogen-bond acceptors (Lipinski definition) is 4. The molecule has 1 unspecified atom stereocenters. The highest BCUT2D eigenvalue weighted by molar-refractivity contribution is 8.01. The highest BCUT2D eigenvalue weighted by atomic mass is 32.2. The summed E-state index contributed by atoms with van der Waals surface area (Å²) in [6.07, 6.45) is 0.790. The number of hydrogen-bond donors (Lipinski definition) is 1. The lowest BCUT2D eigenvalue weighted by Gasteiger charge is -2.12. The van der Waals surface area contributed by atoms with Gasteiger partial charge in [0.2, 0.25) is 5.91 Å². The minimum absolute atomic E-state index is 0.0486. The summed E-state index contributed by atoms with van der Waals surface area (Å²) in [5.41, 5.74) is 2.24. The van der Waals surface area contributed by atoms with Crippen LogP contribution in [0.15, 0.2) is 47.4 Å². The summed E-state index contributed by atoms with van der Waals surface area (Å²) >= 11 is 1.64. The van der Waals surface area contributed by atoms with E-state index >= 15 is 0 Å². The monoisotopic (exact) mass is 329 g/mol. The fraction of sp³-hybridized carbons (Fsp3) is 0.278. The van der Waals surface area contributed by atoms with Gasteiger partial charge < -0.3 is 14.8 Å². The molecule has 2 aromatic rings. The molecule has 1 aliphatic rings. The Morgan fingerprint density at radius 2 is 1.96 bits per heavy atom. The lowest BCUT2D eigenvalue weighted by atomic mass is 10.1. The molecule has 0 aromatic heterocycles. The molecule has 1 N–H and O–H groups in total. The van der Waals surface area contributed by atoms with Crippen molar-refractivity contribution in [3.63, 3.8) is 0 Å². The van der Waals surface area contributed by atoms with Crippen molar-refractivity contribution in [2.75, 3.05) is 14.2 Å². The van der Waals surface area contributed by atoms with Gasteiger partial charge in [-0.2, -0.15) is 0 Å². The Labute approximate surface area is 140 Å². The molecule has 23 heavy (non-hydrogen) atoms. The molecule has 120 valence electrons. The van der Waals surface area contributed by atoms with Gasteiger partial charge in [-0.05, 0) is 35.7 Å². The summed E-state index contributed by atoms with van der Waals surface area (Å²) in [6.45, 7) is 0.479. The largest absolute Gasteiger partial charge is 0.493 e. The minimum Gasteiger partial charge on any atom is -0.493 e. The van der Waals surface area contributed by atoms with Crippen LogP contribution in [-0.4, -0.2) is 25.4 Å². The zero-order chi connectivity index (χ0) is 16.2. The third kappa shape index (κ3) is 3.45. The number of ether oxygens (including phenoxy) is 2. The Hall–Kier alpha value is -2.14. The third-order valence-corrected chi connectivity index (χ3v) is 5.17. The summed E-state index contributed by atoms with van der Waals surface area (Å²) in [6, 6.07) is 13.8. The average molecular weight is 329 g/mol. The molecule has 4 nitrogen and oxygen atoms in total. The molecule has 1 atom stereocenters. The molecule has 0 saturated heterocycles. The van der Waals surface area contributed by atoms with Gasteiger partial charge in [0, 0.05) is 11.4 Å². The van der Waals surface area contributed by atoms with Crippen LogP contribution in [0.2, 0.25) is 0 Å². The molecular formula is C18H19NO3S. The number of benzene rings is 2. The van der Waals surface area contributed by atoms with E-state index in [9.17, 15) is 4.79 Å². The van der Waals surface area contributed by atoms with Crippen molar-refractivity contribution in [3.05, 3.63) is 53.6 Å². The van der Waals surface area contributed by atoms with E-state index in [0.717, 1.165) is 12.0 Å². The van der Waals surface area contributed by atoms with E-state index in [0.29, 0.717) is 18.0 Å². The van der Waals surface area contributed by atoms with Gasteiger partial charge in [-0.1, -0.05) is 24.3 Å². The van der Waals surface area contributed by atoms with Gasteiger partial charge in [-0.15, -0.1) is 11.8 Å². The van der Waals surface area contributed by atoms with Crippen molar-refractivity contribution in [1.29, 1.82) is 0 Å². The number of fused-ring (bicyclic) bond motifs is 1. The number of carbonyl (C=O) groups is 1. The Morgan fingerprint density at radius 1 is 1.17 bits per heavy atom. The van der Waals surface area contributed by atoms with Crippen molar-refractivity contribution in [2.24, 2.45) is 0 Å². The standard InChI is InChI=1S/C18H19NO3S/c1-21-14-8-7-12(9-15(14)22-2)11-19-18(20)17-10-13-5-3-4-6-16(13)23-17/h3-9,17H,10-11H2,1-2H3,(H,19,20). The van der Waals surface area contributed by atoms with Gasteiger partial charge in [0.15, 0.2) is 11.5 Å². The van der Waals surface area contributed by atoms with Gasteiger partial charge in [0.1, 0.15) is 0 Å². The van der Waals surface area contributed by atoms with Crippen molar-refractivity contribution in [1.82, 2.24) is 5.32 Å². The zero-order valence-corrected chi connectivity index (χ0v) is 14.0. The smallest absolute Gasteiger partial charge is 0.234 e. The maximum absolute atomic E-state index is 12.4. The topological polar surface area (TPSA) is 47.6 Å². The second-order valence-corrected chi connectivity index (χ2v) is 6.57. The second-order valence-electron chi connectivity index (χ2n) is 5.33. The summed E-state index contributed by atoms with van der Waals surface area (Å²) in [5, 5.41) is 2.96. The van der Waals surface area contributed by atoms with Crippen LogP contribution in [0.25, 0.3) is 0 Å². The minimum atomic E-state index is -0.0486. The molecule has 0 radical (unpaired) electrons. The molecule has 0 fully saturated rings. The molecule has 3 rings (SSSR count). The molecule has 0 bridgehead atoms. The van der Waals surface area contributed by atoms with Gasteiger partial charge in [-0.25, -0.2) is 0 Å². The van der Waals surface area contributed by atoms with Crippen molar-refractivity contribution < 1.29 is 14.3 Å².